The molecule has 0 amide bonds. The van der Waals surface area contributed by atoms with Crippen LogP contribution in [-0.2, 0) is 4.74 Å². The minimum atomic E-state index is -0.577. The number of hydrogen-bond acceptors (Lipinski definition) is 3. The second-order valence-corrected chi connectivity index (χ2v) is 5.57. The number of halogens is 3. The van der Waals surface area contributed by atoms with Crippen molar-refractivity contribution in [3.05, 3.63) is 33.0 Å². The molecule has 0 heterocycles. The highest BCUT2D eigenvalue weighted by Gasteiger charge is 2.38. The van der Waals surface area contributed by atoms with Crippen LogP contribution in [0.25, 0.3) is 0 Å². The minimum absolute atomic E-state index is 0.0509. The maximum absolute atomic E-state index is 14.3. The van der Waals surface area contributed by atoms with Crippen molar-refractivity contribution >= 4 is 27.5 Å². The topological polar surface area (TPSA) is 47.3 Å². The SMILES string of the molecule is CCC(CC)(OC)C(NN)c1ccc(Br)c(Cl)c1F. The molecule has 0 saturated carbocycles. The summed E-state index contributed by atoms with van der Waals surface area (Å²) < 4.78 is 20.4. The molecule has 0 radical (unpaired) electrons. The van der Waals surface area contributed by atoms with E-state index in [2.05, 4.69) is 21.4 Å². The Morgan fingerprint density at radius 2 is 2.05 bits per heavy atom. The summed E-state index contributed by atoms with van der Waals surface area (Å²) in [4.78, 5) is 0. The third-order valence-electron chi connectivity index (χ3n) is 3.67. The Morgan fingerprint density at radius 3 is 2.47 bits per heavy atom. The zero-order valence-corrected chi connectivity index (χ0v) is 13.6. The summed E-state index contributed by atoms with van der Waals surface area (Å²) in [5.41, 5.74) is 2.49. The Balaban J connectivity index is 3.35. The Bertz CT molecular complexity index is 433. The van der Waals surface area contributed by atoms with Crippen LogP contribution in [0.3, 0.4) is 0 Å². The zero-order valence-electron chi connectivity index (χ0n) is 11.3. The minimum Gasteiger partial charge on any atom is -0.376 e. The average Bonchev–Trinajstić information content (AvgIpc) is 2.44. The molecule has 19 heavy (non-hydrogen) atoms. The Morgan fingerprint density at radius 1 is 1.47 bits per heavy atom. The Hall–Kier alpha value is -0.200. The summed E-state index contributed by atoms with van der Waals surface area (Å²) in [6, 6.07) is 2.89. The van der Waals surface area contributed by atoms with Crippen LogP contribution >= 0.6 is 27.5 Å². The highest BCUT2D eigenvalue weighted by molar-refractivity contribution is 9.10. The second kappa shape index (κ2) is 6.99. The van der Waals surface area contributed by atoms with E-state index < -0.39 is 17.5 Å². The van der Waals surface area contributed by atoms with Gasteiger partial charge >= 0.3 is 0 Å². The smallest absolute Gasteiger partial charge is 0.147 e. The Labute approximate surface area is 126 Å². The van der Waals surface area contributed by atoms with Crippen molar-refractivity contribution in [2.75, 3.05) is 7.11 Å². The highest BCUT2D eigenvalue weighted by Crippen LogP contribution is 2.38. The van der Waals surface area contributed by atoms with E-state index in [4.69, 9.17) is 22.2 Å². The lowest BCUT2D eigenvalue weighted by Crippen LogP contribution is -2.47. The molecule has 0 aliphatic carbocycles. The number of hydrogen-bond donors (Lipinski definition) is 2. The van der Waals surface area contributed by atoms with Crippen LogP contribution in [0.2, 0.25) is 5.02 Å². The number of hydrazine groups is 1. The molecule has 0 aliphatic rings. The van der Waals surface area contributed by atoms with E-state index in [9.17, 15) is 4.39 Å². The maximum Gasteiger partial charge on any atom is 0.147 e. The van der Waals surface area contributed by atoms with E-state index in [1.807, 2.05) is 13.8 Å². The molecule has 1 aromatic rings. The third-order valence-corrected chi connectivity index (χ3v) is 4.93. The summed E-state index contributed by atoms with van der Waals surface area (Å²) in [5.74, 6) is 5.14. The van der Waals surface area contributed by atoms with E-state index >= 15 is 0 Å². The number of nitrogens with two attached hydrogens (primary N) is 1. The third kappa shape index (κ3) is 3.11. The van der Waals surface area contributed by atoms with Crippen molar-refractivity contribution in [2.24, 2.45) is 5.84 Å². The van der Waals surface area contributed by atoms with Crippen molar-refractivity contribution in [2.45, 2.75) is 38.3 Å². The molecule has 0 spiro atoms. The molecular formula is C13H19BrClFN2O. The van der Waals surface area contributed by atoms with E-state index in [-0.39, 0.29) is 5.02 Å². The molecule has 0 aromatic heterocycles. The fourth-order valence-corrected chi connectivity index (χ4v) is 2.83. The van der Waals surface area contributed by atoms with Crippen molar-refractivity contribution < 1.29 is 9.13 Å². The van der Waals surface area contributed by atoms with Gasteiger partial charge in [0.15, 0.2) is 0 Å². The van der Waals surface area contributed by atoms with Gasteiger partial charge in [-0.25, -0.2) is 9.82 Å². The lowest BCUT2D eigenvalue weighted by molar-refractivity contribution is -0.0494. The molecule has 1 aromatic carbocycles. The molecule has 1 unspecified atom stereocenters. The standard InChI is InChI=1S/C13H19BrClFN2O/c1-4-13(5-2,19-3)12(18-17)8-6-7-9(14)10(15)11(8)16/h6-7,12,18H,4-5,17H2,1-3H3. The summed E-state index contributed by atoms with van der Waals surface area (Å²) >= 11 is 9.13. The van der Waals surface area contributed by atoms with Crippen LogP contribution in [-0.4, -0.2) is 12.7 Å². The van der Waals surface area contributed by atoms with Gasteiger partial charge in [0.2, 0.25) is 0 Å². The molecular weight excluding hydrogens is 335 g/mol. The summed E-state index contributed by atoms with van der Waals surface area (Å²) in [5, 5.41) is 0.0509. The molecule has 108 valence electrons. The van der Waals surface area contributed by atoms with E-state index in [1.54, 1.807) is 19.2 Å². The first kappa shape index (κ1) is 16.9. The first-order valence-corrected chi connectivity index (χ1v) is 7.29. The largest absolute Gasteiger partial charge is 0.376 e. The maximum atomic E-state index is 14.3. The monoisotopic (exact) mass is 352 g/mol. The molecule has 0 aliphatic heterocycles. The van der Waals surface area contributed by atoms with Gasteiger partial charge in [-0.2, -0.15) is 0 Å². The number of methoxy groups -OCH3 is 1. The lowest BCUT2D eigenvalue weighted by atomic mass is 9.84. The van der Waals surface area contributed by atoms with Gasteiger partial charge in [0.05, 0.1) is 16.7 Å². The van der Waals surface area contributed by atoms with Crippen LogP contribution in [0.5, 0.6) is 0 Å². The summed E-state index contributed by atoms with van der Waals surface area (Å²) in [6.45, 7) is 3.96. The van der Waals surface area contributed by atoms with Gasteiger partial charge in [0.25, 0.3) is 0 Å². The molecule has 6 heteroatoms. The normalized spacial score (nSPS) is 13.6. The predicted octanol–water partition coefficient (Wildman–Crippen LogP) is 3.95. The van der Waals surface area contributed by atoms with Gasteiger partial charge in [-0.3, -0.25) is 5.84 Å². The van der Waals surface area contributed by atoms with Crippen LogP contribution in [0, 0.1) is 5.82 Å². The molecule has 0 bridgehead atoms. The number of rotatable bonds is 6. The molecule has 0 fully saturated rings. The molecule has 0 saturated heterocycles. The second-order valence-electron chi connectivity index (χ2n) is 4.34. The van der Waals surface area contributed by atoms with Gasteiger partial charge in [0, 0.05) is 17.1 Å². The van der Waals surface area contributed by atoms with Gasteiger partial charge in [-0.15, -0.1) is 0 Å². The lowest BCUT2D eigenvalue weighted by Gasteiger charge is -2.38. The van der Waals surface area contributed by atoms with Crippen molar-refractivity contribution in [1.29, 1.82) is 0 Å². The van der Waals surface area contributed by atoms with Crippen molar-refractivity contribution in [3.8, 4) is 0 Å². The van der Waals surface area contributed by atoms with Gasteiger partial charge < -0.3 is 4.74 Å². The van der Waals surface area contributed by atoms with Gasteiger partial charge in [-0.1, -0.05) is 31.5 Å². The number of nitrogens with one attached hydrogen (secondary N) is 1. The fraction of sp³-hybridized carbons (Fsp3) is 0.538. The molecule has 3 N–H and O–H groups in total. The van der Waals surface area contributed by atoms with Gasteiger partial charge in [0.1, 0.15) is 5.82 Å². The summed E-state index contributed by atoms with van der Waals surface area (Å²) in [7, 11) is 1.61. The zero-order chi connectivity index (χ0) is 14.6. The molecule has 1 rings (SSSR count). The van der Waals surface area contributed by atoms with Gasteiger partial charge in [-0.05, 0) is 34.8 Å². The van der Waals surface area contributed by atoms with E-state index in [1.165, 1.54) is 0 Å². The molecule has 1 atom stereocenters. The molecule has 3 nitrogen and oxygen atoms in total. The fourth-order valence-electron chi connectivity index (χ4n) is 2.35. The van der Waals surface area contributed by atoms with Crippen LogP contribution in [0.1, 0.15) is 38.3 Å². The van der Waals surface area contributed by atoms with E-state index in [0.717, 1.165) is 0 Å². The quantitative estimate of drug-likeness (QED) is 0.462. The van der Waals surface area contributed by atoms with Crippen molar-refractivity contribution in [3.63, 3.8) is 0 Å². The van der Waals surface area contributed by atoms with Crippen molar-refractivity contribution in [1.82, 2.24) is 5.43 Å². The first-order chi connectivity index (χ1) is 8.97. The van der Waals surface area contributed by atoms with Crippen LogP contribution in [0.4, 0.5) is 4.39 Å². The predicted molar refractivity (Wildman–Crippen MR) is 79.5 cm³/mol. The number of ether oxygens (including phenoxy) is 1. The van der Waals surface area contributed by atoms with E-state index in [0.29, 0.717) is 22.9 Å². The average molecular weight is 354 g/mol. The van der Waals surface area contributed by atoms with Crippen LogP contribution < -0.4 is 11.3 Å². The Kier molecular flexibility index (Phi) is 6.20. The highest BCUT2D eigenvalue weighted by atomic mass is 79.9. The first-order valence-electron chi connectivity index (χ1n) is 6.12. The summed E-state index contributed by atoms with van der Waals surface area (Å²) in [6.07, 6.45) is 1.39. The number of benzene rings is 1. The van der Waals surface area contributed by atoms with Crippen LogP contribution in [0.15, 0.2) is 16.6 Å².